The Hall–Kier alpha value is -0.870. The van der Waals surface area contributed by atoms with Crippen molar-refractivity contribution >= 4 is 15.9 Å². The van der Waals surface area contributed by atoms with Gasteiger partial charge < -0.3 is 5.32 Å². The Labute approximate surface area is 128 Å². The van der Waals surface area contributed by atoms with Gasteiger partial charge in [-0.3, -0.25) is 9.69 Å². The van der Waals surface area contributed by atoms with Crippen LogP contribution in [0.5, 0.6) is 0 Å². The molecule has 0 bridgehead atoms. The number of nitrogens with zero attached hydrogens (tertiary/aromatic N) is 1. The molecule has 1 aliphatic rings. The fraction of sp³-hybridized carbons (Fsp3) is 0.917. The van der Waals surface area contributed by atoms with E-state index in [4.69, 9.17) is 0 Å². The summed E-state index contributed by atoms with van der Waals surface area (Å²) in [6, 6.07) is -0.281. The zero-order valence-corrected chi connectivity index (χ0v) is 13.3. The molecule has 1 rings (SSSR count). The molecule has 22 heavy (non-hydrogen) atoms. The number of nitrogens with one attached hydrogen (secondary N) is 2. The highest BCUT2D eigenvalue weighted by Crippen LogP contribution is 2.21. The predicted octanol–water partition coefficient (Wildman–Crippen LogP) is 0.459. The summed E-state index contributed by atoms with van der Waals surface area (Å²) in [6.07, 6.45) is -4.79. The highest BCUT2D eigenvalue weighted by Gasteiger charge is 2.28. The molecule has 0 unspecified atom stereocenters. The molecule has 0 atom stereocenters. The Balaban J connectivity index is 2.31. The van der Waals surface area contributed by atoms with E-state index >= 15 is 0 Å². The van der Waals surface area contributed by atoms with Gasteiger partial charge in [0.1, 0.15) is 0 Å². The van der Waals surface area contributed by atoms with Crippen LogP contribution in [0.25, 0.3) is 0 Å². The van der Waals surface area contributed by atoms with Crippen LogP contribution in [0, 0.1) is 0 Å². The first-order chi connectivity index (χ1) is 10.1. The van der Waals surface area contributed by atoms with Gasteiger partial charge in [-0.05, 0) is 19.3 Å². The van der Waals surface area contributed by atoms with Crippen molar-refractivity contribution in [2.24, 2.45) is 0 Å². The summed E-state index contributed by atoms with van der Waals surface area (Å²) in [6.45, 7) is 1.41. The maximum absolute atomic E-state index is 12.0. The third-order valence-corrected chi connectivity index (χ3v) is 4.97. The van der Waals surface area contributed by atoms with Crippen LogP contribution in [0.4, 0.5) is 13.2 Å². The molecule has 0 saturated carbocycles. The number of hydrogen-bond acceptors (Lipinski definition) is 4. The molecule has 1 saturated heterocycles. The number of rotatable bonds is 7. The Morgan fingerprint density at radius 2 is 1.86 bits per heavy atom. The third-order valence-electron chi connectivity index (χ3n) is 3.45. The number of sulfonamides is 1. The minimum atomic E-state index is -4.33. The summed E-state index contributed by atoms with van der Waals surface area (Å²) in [7, 11) is -2.15. The molecule has 0 radical (unpaired) electrons. The molecule has 0 spiro atoms. The van der Waals surface area contributed by atoms with E-state index in [1.807, 2.05) is 4.90 Å². The third kappa shape index (κ3) is 7.95. The summed E-state index contributed by atoms with van der Waals surface area (Å²) < 4.78 is 62.0. The van der Waals surface area contributed by atoms with E-state index < -0.39 is 34.8 Å². The van der Waals surface area contributed by atoms with E-state index in [1.165, 1.54) is 0 Å². The minimum Gasteiger partial charge on any atom is -0.358 e. The molecule has 130 valence electrons. The van der Waals surface area contributed by atoms with E-state index in [2.05, 4.69) is 10.0 Å². The number of alkyl halides is 3. The maximum atomic E-state index is 12.0. The van der Waals surface area contributed by atoms with Crippen LogP contribution < -0.4 is 10.0 Å². The van der Waals surface area contributed by atoms with Crippen LogP contribution in [0.1, 0.15) is 25.7 Å². The molecule has 10 heteroatoms. The van der Waals surface area contributed by atoms with E-state index in [0.29, 0.717) is 25.9 Å². The lowest BCUT2D eigenvalue weighted by molar-refractivity contribution is -0.134. The van der Waals surface area contributed by atoms with Gasteiger partial charge in [0.2, 0.25) is 15.9 Å². The number of likely N-dealkylation sites (tertiary alicyclic amines) is 1. The molecule has 1 heterocycles. The second-order valence-electron chi connectivity index (χ2n) is 5.38. The molecule has 0 aromatic heterocycles. The summed E-state index contributed by atoms with van der Waals surface area (Å²) in [4.78, 5) is 13.1. The van der Waals surface area contributed by atoms with E-state index in [-0.39, 0.29) is 18.5 Å². The molecule has 0 aliphatic carbocycles. The van der Waals surface area contributed by atoms with E-state index in [1.54, 1.807) is 7.05 Å². The van der Waals surface area contributed by atoms with Gasteiger partial charge >= 0.3 is 6.18 Å². The Bertz CT molecular complexity index is 460. The number of hydrogen-bond donors (Lipinski definition) is 2. The van der Waals surface area contributed by atoms with Crippen molar-refractivity contribution in [2.45, 2.75) is 37.9 Å². The zero-order valence-electron chi connectivity index (χ0n) is 12.4. The van der Waals surface area contributed by atoms with E-state index in [0.717, 1.165) is 0 Å². The quantitative estimate of drug-likeness (QED) is 0.703. The van der Waals surface area contributed by atoms with Crippen molar-refractivity contribution in [3.8, 4) is 0 Å². The average Bonchev–Trinajstić information content (AvgIpc) is 2.38. The van der Waals surface area contributed by atoms with Crippen molar-refractivity contribution in [2.75, 3.05) is 32.4 Å². The van der Waals surface area contributed by atoms with Gasteiger partial charge in [-0.15, -0.1) is 0 Å². The van der Waals surface area contributed by atoms with Crippen LogP contribution in [-0.4, -0.2) is 63.9 Å². The standard InChI is InChI=1S/C12H22F3N3O3S/c1-16-11(19)9-18-6-3-10(4-7-18)17-22(20,21)8-2-5-12(13,14)15/h10,17H,2-9H2,1H3,(H,16,19). The van der Waals surface area contributed by atoms with E-state index in [9.17, 15) is 26.4 Å². The van der Waals surface area contributed by atoms with Crippen LogP contribution in [0.2, 0.25) is 0 Å². The van der Waals surface area contributed by atoms with Crippen LogP contribution in [0.3, 0.4) is 0 Å². The highest BCUT2D eigenvalue weighted by molar-refractivity contribution is 7.89. The van der Waals surface area contributed by atoms with Gasteiger partial charge in [0.15, 0.2) is 0 Å². The molecule has 2 N–H and O–H groups in total. The van der Waals surface area contributed by atoms with Crippen molar-refractivity contribution < 1.29 is 26.4 Å². The Morgan fingerprint density at radius 3 is 2.36 bits per heavy atom. The summed E-state index contributed by atoms with van der Waals surface area (Å²) in [5, 5.41) is 2.51. The second-order valence-corrected chi connectivity index (χ2v) is 7.25. The maximum Gasteiger partial charge on any atom is 0.389 e. The monoisotopic (exact) mass is 345 g/mol. The number of amides is 1. The number of carbonyl (C=O) groups is 1. The molecular weight excluding hydrogens is 323 g/mol. The average molecular weight is 345 g/mol. The molecule has 1 aliphatic heterocycles. The summed E-state index contributed by atoms with van der Waals surface area (Å²) in [5.74, 6) is -0.628. The molecule has 1 amide bonds. The van der Waals surface area contributed by atoms with Crippen molar-refractivity contribution in [3.05, 3.63) is 0 Å². The van der Waals surface area contributed by atoms with Crippen molar-refractivity contribution in [3.63, 3.8) is 0 Å². The zero-order chi connectivity index (χ0) is 16.8. The van der Waals surface area contributed by atoms with Gasteiger partial charge in [-0.2, -0.15) is 13.2 Å². The first kappa shape index (κ1) is 19.2. The first-order valence-electron chi connectivity index (χ1n) is 7.11. The van der Waals surface area contributed by atoms with Crippen LogP contribution in [-0.2, 0) is 14.8 Å². The number of piperidine rings is 1. The fourth-order valence-corrected chi connectivity index (χ4v) is 3.65. The second kappa shape index (κ2) is 8.11. The Kier molecular flexibility index (Phi) is 7.07. The molecule has 0 aromatic carbocycles. The molecule has 1 fully saturated rings. The molecular formula is C12H22F3N3O3S. The number of halogens is 3. The highest BCUT2D eigenvalue weighted by atomic mass is 32.2. The van der Waals surface area contributed by atoms with Gasteiger partial charge in [0.25, 0.3) is 0 Å². The number of likely N-dealkylation sites (N-methyl/N-ethyl adjacent to an activating group) is 1. The van der Waals surface area contributed by atoms with Gasteiger partial charge in [-0.25, -0.2) is 13.1 Å². The van der Waals surface area contributed by atoms with Gasteiger partial charge in [0.05, 0.1) is 12.3 Å². The topological polar surface area (TPSA) is 78.5 Å². The lowest BCUT2D eigenvalue weighted by Gasteiger charge is -2.31. The SMILES string of the molecule is CNC(=O)CN1CCC(NS(=O)(=O)CCCC(F)(F)F)CC1. The largest absolute Gasteiger partial charge is 0.389 e. The minimum absolute atomic E-state index is 0.105. The molecule has 6 nitrogen and oxygen atoms in total. The Morgan fingerprint density at radius 1 is 1.27 bits per heavy atom. The summed E-state index contributed by atoms with van der Waals surface area (Å²) >= 11 is 0. The normalized spacial score (nSPS) is 18.4. The lowest BCUT2D eigenvalue weighted by Crippen LogP contribution is -2.47. The lowest BCUT2D eigenvalue weighted by atomic mass is 10.1. The summed E-state index contributed by atoms with van der Waals surface area (Å²) in [5.41, 5.74) is 0. The van der Waals surface area contributed by atoms with Crippen molar-refractivity contribution in [1.29, 1.82) is 0 Å². The number of carbonyl (C=O) groups excluding carboxylic acids is 1. The van der Waals surface area contributed by atoms with Gasteiger partial charge in [0, 0.05) is 32.6 Å². The first-order valence-corrected chi connectivity index (χ1v) is 8.76. The van der Waals surface area contributed by atoms with Crippen LogP contribution in [0.15, 0.2) is 0 Å². The smallest absolute Gasteiger partial charge is 0.358 e. The molecule has 0 aromatic rings. The van der Waals surface area contributed by atoms with Gasteiger partial charge in [-0.1, -0.05) is 0 Å². The predicted molar refractivity (Wildman–Crippen MR) is 75.7 cm³/mol. The fourth-order valence-electron chi connectivity index (χ4n) is 2.27. The van der Waals surface area contributed by atoms with Crippen LogP contribution >= 0.6 is 0 Å². The van der Waals surface area contributed by atoms with Crippen molar-refractivity contribution in [1.82, 2.24) is 14.9 Å².